The first-order chi connectivity index (χ1) is 13.0. The molecule has 0 N–H and O–H groups in total. The SMILES string of the molecule is Cc1cc(OCc2c(Cl)cccc2Cl)cc2c1C(=O)/C(=C/c1ccco1)O2. The highest BCUT2D eigenvalue weighted by molar-refractivity contribution is 6.35. The molecule has 4 nitrogen and oxygen atoms in total. The Bertz CT molecular complexity index is 1030. The lowest BCUT2D eigenvalue weighted by molar-refractivity contribution is 0.101. The van der Waals surface area contributed by atoms with Gasteiger partial charge in [-0.05, 0) is 42.8 Å². The number of fused-ring (bicyclic) bond motifs is 1. The van der Waals surface area contributed by atoms with Crippen LogP contribution >= 0.6 is 23.2 Å². The molecule has 1 aromatic heterocycles. The minimum absolute atomic E-state index is 0.181. The number of carbonyl (C=O) groups is 1. The molecular formula is C21H14Cl2O4. The Morgan fingerprint density at radius 1 is 1.11 bits per heavy atom. The normalized spacial score (nSPS) is 14.3. The molecule has 0 atom stereocenters. The first-order valence-corrected chi connectivity index (χ1v) is 8.96. The van der Waals surface area contributed by atoms with Gasteiger partial charge in [-0.1, -0.05) is 29.3 Å². The fraction of sp³-hybridized carbons (Fsp3) is 0.0952. The first kappa shape index (κ1) is 17.7. The molecule has 0 bridgehead atoms. The Morgan fingerprint density at radius 3 is 2.59 bits per heavy atom. The summed E-state index contributed by atoms with van der Waals surface area (Å²) in [6.45, 7) is 2.05. The van der Waals surface area contributed by atoms with Gasteiger partial charge < -0.3 is 13.9 Å². The smallest absolute Gasteiger partial charge is 0.232 e. The second-order valence-corrected chi connectivity index (χ2v) is 6.87. The number of rotatable bonds is 4. The number of halogens is 2. The van der Waals surface area contributed by atoms with Gasteiger partial charge in [0.15, 0.2) is 5.76 Å². The molecule has 1 aliphatic rings. The summed E-state index contributed by atoms with van der Waals surface area (Å²) in [5, 5.41) is 1.07. The molecule has 27 heavy (non-hydrogen) atoms. The minimum atomic E-state index is -0.181. The lowest BCUT2D eigenvalue weighted by Crippen LogP contribution is -2.00. The highest BCUT2D eigenvalue weighted by atomic mass is 35.5. The number of Topliss-reactive ketones (excluding diaryl/α,β-unsaturated/α-hetero) is 1. The van der Waals surface area contributed by atoms with E-state index >= 15 is 0 Å². The van der Waals surface area contributed by atoms with Crippen LogP contribution in [-0.2, 0) is 6.61 Å². The molecule has 3 aromatic rings. The van der Waals surface area contributed by atoms with Crippen molar-refractivity contribution >= 4 is 35.1 Å². The standard InChI is InChI=1S/C21H14Cl2O4/c1-12-8-14(26-11-15-16(22)5-2-6-17(15)23)10-18-20(12)21(24)19(27-18)9-13-4-3-7-25-13/h2-10H,11H2,1H3/b19-9-. The van der Waals surface area contributed by atoms with Crippen molar-refractivity contribution in [3.05, 3.63) is 87.0 Å². The van der Waals surface area contributed by atoms with Gasteiger partial charge in [-0.2, -0.15) is 0 Å². The molecule has 0 amide bonds. The number of hydrogen-bond acceptors (Lipinski definition) is 4. The summed E-state index contributed by atoms with van der Waals surface area (Å²) in [6.07, 6.45) is 3.11. The van der Waals surface area contributed by atoms with Crippen LogP contribution in [0.15, 0.2) is 58.9 Å². The van der Waals surface area contributed by atoms with Crippen molar-refractivity contribution in [2.24, 2.45) is 0 Å². The maximum absolute atomic E-state index is 12.6. The third-order valence-corrected chi connectivity index (χ3v) is 4.91. The third kappa shape index (κ3) is 3.46. The van der Waals surface area contributed by atoms with E-state index in [0.29, 0.717) is 38.4 Å². The number of furan rings is 1. The monoisotopic (exact) mass is 400 g/mol. The van der Waals surface area contributed by atoms with Gasteiger partial charge in [0, 0.05) is 27.8 Å². The van der Waals surface area contributed by atoms with Crippen LogP contribution in [-0.4, -0.2) is 5.78 Å². The van der Waals surface area contributed by atoms with Gasteiger partial charge in [-0.15, -0.1) is 0 Å². The first-order valence-electron chi connectivity index (χ1n) is 8.21. The molecule has 0 saturated heterocycles. The van der Waals surface area contributed by atoms with Gasteiger partial charge in [-0.25, -0.2) is 0 Å². The lowest BCUT2D eigenvalue weighted by atomic mass is 10.0. The summed E-state index contributed by atoms with van der Waals surface area (Å²) in [6, 6.07) is 12.3. The molecule has 0 aliphatic carbocycles. The Labute approximate surface area is 165 Å². The second kappa shape index (κ2) is 7.14. The number of ether oxygens (including phenoxy) is 2. The molecular weight excluding hydrogens is 387 g/mol. The van der Waals surface area contributed by atoms with Crippen LogP contribution in [0.3, 0.4) is 0 Å². The van der Waals surface area contributed by atoms with Gasteiger partial charge in [0.25, 0.3) is 0 Å². The number of hydrogen-bond donors (Lipinski definition) is 0. The summed E-state index contributed by atoms with van der Waals surface area (Å²) in [7, 11) is 0. The fourth-order valence-electron chi connectivity index (χ4n) is 2.89. The van der Waals surface area contributed by atoms with Crippen LogP contribution in [0, 0.1) is 6.92 Å². The minimum Gasteiger partial charge on any atom is -0.489 e. The summed E-state index contributed by atoms with van der Waals surface area (Å²) in [5.74, 6) is 1.61. The van der Waals surface area contributed by atoms with Crippen LogP contribution in [0.2, 0.25) is 10.0 Å². The molecule has 0 fully saturated rings. The van der Waals surface area contributed by atoms with Crippen LogP contribution in [0.4, 0.5) is 0 Å². The maximum Gasteiger partial charge on any atom is 0.232 e. The average molecular weight is 401 g/mol. The second-order valence-electron chi connectivity index (χ2n) is 6.06. The van der Waals surface area contributed by atoms with Gasteiger partial charge >= 0.3 is 0 Å². The van der Waals surface area contributed by atoms with Gasteiger partial charge in [0.05, 0.1) is 11.8 Å². The van der Waals surface area contributed by atoms with Crippen molar-refractivity contribution in [2.45, 2.75) is 13.5 Å². The van der Waals surface area contributed by atoms with E-state index in [2.05, 4.69) is 0 Å². The molecule has 1 aliphatic heterocycles. The topological polar surface area (TPSA) is 48.7 Å². The molecule has 0 unspecified atom stereocenters. The van der Waals surface area contributed by atoms with Crippen molar-refractivity contribution in [2.75, 3.05) is 0 Å². The van der Waals surface area contributed by atoms with E-state index < -0.39 is 0 Å². The highest BCUT2D eigenvalue weighted by Crippen LogP contribution is 2.38. The van der Waals surface area contributed by atoms with Crippen molar-refractivity contribution in [3.63, 3.8) is 0 Å². The zero-order valence-corrected chi connectivity index (χ0v) is 15.8. The van der Waals surface area contributed by atoms with E-state index in [9.17, 15) is 4.79 Å². The summed E-state index contributed by atoms with van der Waals surface area (Å²) >= 11 is 12.4. The van der Waals surface area contributed by atoms with E-state index in [-0.39, 0.29) is 18.1 Å². The summed E-state index contributed by atoms with van der Waals surface area (Å²) in [4.78, 5) is 12.6. The van der Waals surface area contributed by atoms with Crippen LogP contribution < -0.4 is 9.47 Å². The van der Waals surface area contributed by atoms with Crippen molar-refractivity contribution in [3.8, 4) is 11.5 Å². The van der Waals surface area contributed by atoms with Crippen LogP contribution in [0.1, 0.15) is 27.2 Å². The molecule has 6 heteroatoms. The highest BCUT2D eigenvalue weighted by Gasteiger charge is 2.30. The number of benzene rings is 2. The molecule has 0 radical (unpaired) electrons. The van der Waals surface area contributed by atoms with Gasteiger partial charge in [0.2, 0.25) is 5.78 Å². The Balaban J connectivity index is 1.59. The zero-order chi connectivity index (χ0) is 19.0. The Morgan fingerprint density at radius 2 is 1.89 bits per heavy atom. The predicted molar refractivity (Wildman–Crippen MR) is 104 cm³/mol. The van der Waals surface area contributed by atoms with E-state index in [4.69, 9.17) is 37.1 Å². The number of carbonyl (C=O) groups excluding carboxylic acids is 1. The molecule has 2 heterocycles. The van der Waals surface area contributed by atoms with Crippen LogP contribution in [0.25, 0.3) is 6.08 Å². The van der Waals surface area contributed by atoms with E-state index in [1.165, 1.54) is 6.26 Å². The number of aryl methyl sites for hydroxylation is 1. The molecule has 4 rings (SSSR count). The number of ketones is 1. The van der Waals surface area contributed by atoms with Crippen LogP contribution in [0.5, 0.6) is 11.5 Å². The lowest BCUT2D eigenvalue weighted by Gasteiger charge is -2.11. The van der Waals surface area contributed by atoms with Crippen molar-refractivity contribution in [1.29, 1.82) is 0 Å². The molecule has 0 saturated carbocycles. The molecule has 2 aromatic carbocycles. The summed E-state index contributed by atoms with van der Waals surface area (Å²) < 4.78 is 16.8. The quantitative estimate of drug-likeness (QED) is 0.497. The average Bonchev–Trinajstić information content (AvgIpc) is 3.23. The number of allylic oxidation sites excluding steroid dienone is 1. The third-order valence-electron chi connectivity index (χ3n) is 4.21. The Hall–Kier alpha value is -2.69. The molecule has 0 spiro atoms. The summed E-state index contributed by atoms with van der Waals surface area (Å²) in [5.41, 5.74) is 1.99. The molecule has 136 valence electrons. The Kier molecular flexibility index (Phi) is 4.68. The van der Waals surface area contributed by atoms with E-state index in [0.717, 1.165) is 5.56 Å². The predicted octanol–water partition coefficient (Wildman–Crippen LogP) is 6.09. The van der Waals surface area contributed by atoms with Crippen molar-refractivity contribution < 1.29 is 18.7 Å². The van der Waals surface area contributed by atoms with E-state index in [1.54, 1.807) is 48.5 Å². The van der Waals surface area contributed by atoms with Gasteiger partial charge in [-0.3, -0.25) is 4.79 Å². The zero-order valence-electron chi connectivity index (χ0n) is 14.3. The van der Waals surface area contributed by atoms with Crippen molar-refractivity contribution in [1.82, 2.24) is 0 Å². The largest absolute Gasteiger partial charge is 0.489 e. The maximum atomic E-state index is 12.6. The fourth-order valence-corrected chi connectivity index (χ4v) is 3.40. The van der Waals surface area contributed by atoms with Gasteiger partial charge in [0.1, 0.15) is 23.9 Å². The van der Waals surface area contributed by atoms with E-state index in [1.807, 2.05) is 6.92 Å².